The van der Waals surface area contributed by atoms with E-state index in [-0.39, 0.29) is 13.2 Å². The number of fused-ring (bicyclic) bond motifs is 1. The molecule has 0 spiro atoms. The maximum atomic E-state index is 12.6. The summed E-state index contributed by atoms with van der Waals surface area (Å²) in [6, 6.07) is 6.51. The number of nitrogens with two attached hydrogens (primary N) is 1. The van der Waals surface area contributed by atoms with E-state index in [1.165, 1.54) is 17.6 Å². The fourth-order valence-electron chi connectivity index (χ4n) is 3.43. The third kappa shape index (κ3) is 6.64. The van der Waals surface area contributed by atoms with E-state index in [0.29, 0.717) is 21.9 Å². The van der Waals surface area contributed by atoms with E-state index in [9.17, 15) is 19.2 Å². The summed E-state index contributed by atoms with van der Waals surface area (Å²) in [7, 11) is 0. The van der Waals surface area contributed by atoms with Crippen LogP contribution in [0.1, 0.15) is 52.5 Å². The summed E-state index contributed by atoms with van der Waals surface area (Å²) in [5, 5.41) is 6.65. The number of aryl methyl sites for hydroxylation is 1. The van der Waals surface area contributed by atoms with Gasteiger partial charge in [-0.2, -0.15) is 5.10 Å². The number of carbonyl (C=O) groups excluding carboxylic acids is 4. The van der Waals surface area contributed by atoms with Crippen molar-refractivity contribution in [2.75, 3.05) is 18.5 Å². The van der Waals surface area contributed by atoms with Gasteiger partial charge in [0.1, 0.15) is 10.8 Å². The third-order valence-corrected chi connectivity index (χ3v) is 6.18. The predicted octanol–water partition coefficient (Wildman–Crippen LogP) is 2.15. The van der Waals surface area contributed by atoms with Crippen molar-refractivity contribution in [1.82, 2.24) is 5.43 Å². The number of thiophene rings is 1. The first-order valence-corrected chi connectivity index (χ1v) is 11.7. The molecule has 2 aromatic rings. The molecule has 0 radical (unpaired) electrons. The molecule has 11 heteroatoms. The first-order valence-electron chi connectivity index (χ1n) is 10.9. The first kappa shape index (κ1) is 24.9. The lowest BCUT2D eigenvalue weighted by Gasteiger charge is -2.08. The zero-order chi connectivity index (χ0) is 24.5. The number of rotatable bonds is 8. The van der Waals surface area contributed by atoms with Crippen LogP contribution in [0.3, 0.4) is 0 Å². The molecule has 34 heavy (non-hydrogen) atoms. The summed E-state index contributed by atoms with van der Waals surface area (Å²) in [5.74, 6) is -2.55. The number of hydrogen-bond acceptors (Lipinski definition) is 8. The smallest absolute Gasteiger partial charge is 0.341 e. The van der Waals surface area contributed by atoms with Crippen molar-refractivity contribution in [3.63, 3.8) is 0 Å². The maximum absolute atomic E-state index is 12.6. The summed E-state index contributed by atoms with van der Waals surface area (Å²) in [5.41, 5.74) is 9.06. The summed E-state index contributed by atoms with van der Waals surface area (Å²) >= 11 is 1.31. The Bertz CT molecular complexity index is 1090. The van der Waals surface area contributed by atoms with Gasteiger partial charge in [-0.3, -0.25) is 14.4 Å². The minimum Gasteiger partial charge on any atom is -0.484 e. The second-order valence-corrected chi connectivity index (χ2v) is 8.57. The lowest BCUT2D eigenvalue weighted by atomic mass is 10.1. The van der Waals surface area contributed by atoms with Gasteiger partial charge in [0.2, 0.25) is 0 Å². The number of esters is 1. The van der Waals surface area contributed by atoms with Gasteiger partial charge in [-0.05, 0) is 68.0 Å². The number of benzene rings is 1. The number of ether oxygens (including phenoxy) is 2. The Balaban J connectivity index is 1.62. The molecule has 0 atom stereocenters. The van der Waals surface area contributed by atoms with Crippen LogP contribution in [0.5, 0.6) is 5.75 Å². The second-order valence-electron chi connectivity index (χ2n) is 7.47. The summed E-state index contributed by atoms with van der Waals surface area (Å²) in [4.78, 5) is 49.0. The van der Waals surface area contributed by atoms with Crippen molar-refractivity contribution in [2.24, 2.45) is 10.8 Å². The lowest BCUT2D eigenvalue weighted by molar-refractivity contribution is -0.136. The molecule has 0 unspecified atom stereocenters. The number of primary amides is 1. The van der Waals surface area contributed by atoms with E-state index >= 15 is 0 Å². The molecule has 0 aliphatic heterocycles. The van der Waals surface area contributed by atoms with Crippen molar-refractivity contribution in [3.05, 3.63) is 45.8 Å². The van der Waals surface area contributed by atoms with Crippen molar-refractivity contribution in [3.8, 4) is 5.75 Å². The largest absolute Gasteiger partial charge is 0.484 e. The molecule has 0 saturated carbocycles. The Morgan fingerprint density at radius 2 is 1.82 bits per heavy atom. The molecular formula is C23H26N4O6S. The van der Waals surface area contributed by atoms with E-state index in [1.807, 2.05) is 0 Å². The van der Waals surface area contributed by atoms with Gasteiger partial charge in [0.25, 0.3) is 5.91 Å². The van der Waals surface area contributed by atoms with Crippen LogP contribution in [0, 0.1) is 0 Å². The molecule has 10 nitrogen and oxygen atoms in total. The standard InChI is InChI=1S/C23H26N4O6S/c1-2-32-23(31)19-16-6-4-3-5-7-17(16)34-22(19)26-20(29)21(30)27-25-12-14-8-10-15(11-9-14)33-13-18(24)28/h8-12H,2-7,13H2,1H3,(H2,24,28)(H,26,29)(H,27,30)/b25-12+. The van der Waals surface area contributed by atoms with Crippen LogP contribution in [0.4, 0.5) is 5.00 Å². The summed E-state index contributed by atoms with van der Waals surface area (Å²) in [6.07, 6.45) is 5.95. The third-order valence-electron chi connectivity index (χ3n) is 4.98. The Morgan fingerprint density at radius 1 is 1.09 bits per heavy atom. The van der Waals surface area contributed by atoms with E-state index in [1.54, 1.807) is 31.2 Å². The highest BCUT2D eigenvalue weighted by atomic mass is 32.1. The van der Waals surface area contributed by atoms with Crippen LogP contribution in [-0.2, 0) is 32.0 Å². The Morgan fingerprint density at radius 3 is 2.53 bits per heavy atom. The highest BCUT2D eigenvalue weighted by Gasteiger charge is 2.27. The molecule has 1 aromatic heterocycles. The lowest BCUT2D eigenvalue weighted by Crippen LogP contribution is -2.32. The molecule has 1 aliphatic rings. The van der Waals surface area contributed by atoms with E-state index in [0.717, 1.165) is 42.5 Å². The number of carbonyl (C=O) groups is 4. The fourth-order valence-corrected chi connectivity index (χ4v) is 4.70. The fraction of sp³-hybridized carbons (Fsp3) is 0.348. The van der Waals surface area contributed by atoms with E-state index < -0.39 is 23.7 Å². The molecule has 180 valence electrons. The van der Waals surface area contributed by atoms with E-state index in [2.05, 4.69) is 15.8 Å². The minimum atomic E-state index is -0.976. The zero-order valence-corrected chi connectivity index (χ0v) is 19.5. The highest BCUT2D eigenvalue weighted by Crippen LogP contribution is 2.38. The molecule has 0 bridgehead atoms. The maximum Gasteiger partial charge on any atom is 0.341 e. The number of amides is 3. The van der Waals surface area contributed by atoms with Gasteiger partial charge in [0, 0.05) is 4.88 Å². The van der Waals surface area contributed by atoms with Crippen LogP contribution in [0.2, 0.25) is 0 Å². The molecule has 4 N–H and O–H groups in total. The Hall–Kier alpha value is -3.73. The molecule has 1 aromatic carbocycles. The number of nitrogens with one attached hydrogen (secondary N) is 2. The van der Waals surface area contributed by atoms with Gasteiger partial charge >= 0.3 is 17.8 Å². The average Bonchev–Trinajstić information content (AvgIpc) is 2.98. The normalized spacial score (nSPS) is 13.0. The highest BCUT2D eigenvalue weighted by molar-refractivity contribution is 7.17. The van der Waals surface area contributed by atoms with Crippen molar-refractivity contribution >= 4 is 46.2 Å². The van der Waals surface area contributed by atoms with Crippen LogP contribution < -0.4 is 21.2 Å². The summed E-state index contributed by atoms with van der Waals surface area (Å²) in [6.45, 7) is 1.70. The van der Waals surface area contributed by atoms with Gasteiger partial charge in [-0.15, -0.1) is 11.3 Å². The van der Waals surface area contributed by atoms with Gasteiger partial charge in [0.05, 0.1) is 18.4 Å². The van der Waals surface area contributed by atoms with Crippen molar-refractivity contribution in [1.29, 1.82) is 0 Å². The van der Waals surface area contributed by atoms with Crippen LogP contribution >= 0.6 is 11.3 Å². The number of hydrogen-bond donors (Lipinski definition) is 3. The monoisotopic (exact) mass is 486 g/mol. The molecule has 3 rings (SSSR count). The van der Waals surface area contributed by atoms with Gasteiger partial charge in [-0.25, -0.2) is 10.2 Å². The van der Waals surface area contributed by atoms with Gasteiger partial charge < -0.3 is 20.5 Å². The SMILES string of the molecule is CCOC(=O)c1c(NC(=O)C(=O)N/N=C/c2ccc(OCC(N)=O)cc2)sc2c1CCCCC2. The van der Waals surface area contributed by atoms with Crippen LogP contribution in [0.25, 0.3) is 0 Å². The van der Waals surface area contributed by atoms with Crippen LogP contribution in [-0.4, -0.2) is 43.1 Å². The first-order chi connectivity index (χ1) is 16.4. The quantitative estimate of drug-likeness (QED) is 0.171. The number of anilines is 1. The Labute approximate surface area is 200 Å². The predicted molar refractivity (Wildman–Crippen MR) is 127 cm³/mol. The van der Waals surface area contributed by atoms with Crippen molar-refractivity contribution in [2.45, 2.75) is 39.0 Å². The zero-order valence-electron chi connectivity index (χ0n) is 18.7. The summed E-state index contributed by atoms with van der Waals surface area (Å²) < 4.78 is 10.3. The average molecular weight is 487 g/mol. The molecule has 3 amide bonds. The number of hydrazone groups is 1. The van der Waals surface area contributed by atoms with Crippen LogP contribution in [0.15, 0.2) is 29.4 Å². The minimum absolute atomic E-state index is 0.213. The number of nitrogens with zero attached hydrogens (tertiary/aromatic N) is 1. The molecule has 1 aliphatic carbocycles. The van der Waals surface area contributed by atoms with Crippen molar-refractivity contribution < 1.29 is 28.7 Å². The van der Waals surface area contributed by atoms with E-state index in [4.69, 9.17) is 15.2 Å². The Kier molecular flexibility index (Phi) is 8.74. The molecule has 1 heterocycles. The second kappa shape index (κ2) is 11.9. The van der Waals surface area contributed by atoms with Gasteiger partial charge in [-0.1, -0.05) is 6.42 Å². The van der Waals surface area contributed by atoms with Gasteiger partial charge in [0.15, 0.2) is 6.61 Å². The molecule has 0 fully saturated rings. The molecular weight excluding hydrogens is 460 g/mol. The topological polar surface area (TPSA) is 149 Å². The molecule has 0 saturated heterocycles.